The van der Waals surface area contributed by atoms with Gasteiger partial charge in [0, 0.05) is 44.1 Å². The van der Waals surface area contributed by atoms with Crippen LogP contribution in [0.2, 0.25) is 0 Å². The Morgan fingerprint density at radius 1 is 0.927 bits per heavy atom. The molecule has 41 heavy (non-hydrogen) atoms. The maximum Gasteiger partial charge on any atom is 0.256 e. The molecule has 0 saturated carbocycles. The number of methoxy groups -OCH3 is 1. The van der Waals surface area contributed by atoms with Gasteiger partial charge in [-0.15, -0.1) is 0 Å². The van der Waals surface area contributed by atoms with Gasteiger partial charge in [0.25, 0.3) is 5.91 Å². The molecule has 1 N–H and O–H groups in total. The van der Waals surface area contributed by atoms with Crippen LogP contribution in [0.15, 0.2) is 78.9 Å². The molecule has 0 bridgehead atoms. The number of carbonyl (C=O) groups excluding carboxylic acids is 2. The molecule has 0 aliphatic carbocycles. The lowest BCUT2D eigenvalue weighted by molar-refractivity contribution is -0.124. The summed E-state index contributed by atoms with van der Waals surface area (Å²) in [6.45, 7) is 5.20. The molecule has 3 aromatic carbocycles. The highest BCUT2D eigenvalue weighted by atomic mass is 32.1. The number of thiocarbonyl (C=S) groups is 1. The Balaban J connectivity index is 1.22. The van der Waals surface area contributed by atoms with Crippen molar-refractivity contribution in [3.05, 3.63) is 84.7 Å². The van der Waals surface area contributed by atoms with Gasteiger partial charge in [-0.25, -0.2) is 4.39 Å². The Hall–Kier alpha value is -4.02. The highest BCUT2D eigenvalue weighted by Crippen LogP contribution is 2.28. The first-order valence-corrected chi connectivity index (χ1v) is 14.2. The first-order valence-electron chi connectivity index (χ1n) is 13.8. The van der Waals surface area contributed by atoms with E-state index in [0.717, 1.165) is 39.1 Å². The molecular formula is C31H34FN5O3S. The van der Waals surface area contributed by atoms with Crippen molar-refractivity contribution < 1.29 is 18.7 Å². The zero-order valence-electron chi connectivity index (χ0n) is 23.0. The number of rotatable bonds is 10. The quantitative estimate of drug-likeness (QED) is 0.360. The van der Waals surface area contributed by atoms with Gasteiger partial charge < -0.3 is 19.9 Å². The number of para-hydroxylation sites is 1. The lowest BCUT2D eigenvalue weighted by Crippen LogP contribution is -2.47. The largest absolute Gasteiger partial charge is 0.497 e. The molecule has 2 amide bonds. The van der Waals surface area contributed by atoms with Gasteiger partial charge in [0.15, 0.2) is 5.11 Å². The van der Waals surface area contributed by atoms with Crippen LogP contribution < -0.4 is 19.9 Å². The van der Waals surface area contributed by atoms with Crippen LogP contribution in [0.3, 0.4) is 0 Å². The zero-order chi connectivity index (χ0) is 28.8. The van der Waals surface area contributed by atoms with E-state index in [2.05, 4.69) is 39.4 Å². The van der Waals surface area contributed by atoms with Crippen molar-refractivity contribution in [3.63, 3.8) is 0 Å². The molecule has 2 heterocycles. The molecule has 0 aromatic heterocycles. The minimum atomic E-state index is -0.749. The molecule has 3 aromatic rings. The van der Waals surface area contributed by atoms with Crippen LogP contribution in [0.25, 0.3) is 0 Å². The summed E-state index contributed by atoms with van der Waals surface area (Å²) in [7, 11) is 1.58. The second-order valence-electron chi connectivity index (χ2n) is 10.1. The summed E-state index contributed by atoms with van der Waals surface area (Å²) in [6, 6.07) is 22.3. The van der Waals surface area contributed by atoms with Gasteiger partial charge in [0.1, 0.15) is 17.6 Å². The molecule has 0 unspecified atom stereocenters. The number of nitrogens with one attached hydrogen (secondary N) is 1. The molecule has 1 atom stereocenters. The number of nitrogens with zero attached hydrogens (tertiary/aromatic N) is 4. The van der Waals surface area contributed by atoms with Crippen molar-refractivity contribution in [2.24, 2.45) is 0 Å². The number of ether oxygens (including phenoxy) is 1. The van der Waals surface area contributed by atoms with E-state index in [0.29, 0.717) is 28.8 Å². The van der Waals surface area contributed by atoms with Crippen LogP contribution >= 0.6 is 12.2 Å². The number of amides is 2. The van der Waals surface area contributed by atoms with Gasteiger partial charge >= 0.3 is 0 Å². The average molecular weight is 576 g/mol. The van der Waals surface area contributed by atoms with Gasteiger partial charge in [0.2, 0.25) is 5.91 Å². The fraction of sp³-hybridized carbons (Fsp3) is 0.323. The molecule has 214 valence electrons. The number of hydrogen-bond acceptors (Lipinski definition) is 6. The highest BCUT2D eigenvalue weighted by Gasteiger charge is 2.44. The summed E-state index contributed by atoms with van der Waals surface area (Å²) in [6.07, 6.45) is 0.727. The Labute approximate surface area is 245 Å². The maximum atomic E-state index is 13.6. The van der Waals surface area contributed by atoms with Crippen molar-refractivity contribution in [3.8, 4) is 5.75 Å². The number of anilines is 3. The van der Waals surface area contributed by atoms with Crippen LogP contribution in [0.1, 0.15) is 12.8 Å². The molecular weight excluding hydrogens is 541 g/mol. The van der Waals surface area contributed by atoms with Gasteiger partial charge in [-0.3, -0.25) is 19.4 Å². The van der Waals surface area contributed by atoms with E-state index in [1.54, 1.807) is 31.4 Å². The van der Waals surface area contributed by atoms with Crippen molar-refractivity contribution >= 4 is 46.2 Å². The number of piperazine rings is 1. The van der Waals surface area contributed by atoms with Gasteiger partial charge in [-0.2, -0.15) is 0 Å². The number of benzene rings is 3. The van der Waals surface area contributed by atoms with Crippen molar-refractivity contribution in [2.45, 2.75) is 18.9 Å². The van der Waals surface area contributed by atoms with E-state index >= 15 is 0 Å². The first-order chi connectivity index (χ1) is 19.9. The maximum absolute atomic E-state index is 13.6. The fourth-order valence-corrected chi connectivity index (χ4v) is 5.72. The van der Waals surface area contributed by atoms with E-state index in [9.17, 15) is 14.0 Å². The molecule has 2 fully saturated rings. The molecule has 0 spiro atoms. The molecule has 10 heteroatoms. The summed E-state index contributed by atoms with van der Waals surface area (Å²) >= 11 is 5.75. The minimum Gasteiger partial charge on any atom is -0.497 e. The summed E-state index contributed by atoms with van der Waals surface area (Å²) in [4.78, 5) is 34.7. The third-order valence-corrected chi connectivity index (χ3v) is 7.94. The monoisotopic (exact) mass is 575 g/mol. The summed E-state index contributed by atoms with van der Waals surface area (Å²) in [5.41, 5.74) is 2.34. The molecule has 2 aliphatic heterocycles. The fourth-order valence-electron chi connectivity index (χ4n) is 5.31. The summed E-state index contributed by atoms with van der Waals surface area (Å²) in [5, 5.41) is 3.20. The molecule has 8 nitrogen and oxygen atoms in total. The van der Waals surface area contributed by atoms with Crippen LogP contribution in [-0.4, -0.2) is 79.1 Å². The van der Waals surface area contributed by atoms with Crippen LogP contribution in [-0.2, 0) is 9.59 Å². The van der Waals surface area contributed by atoms with Crippen LogP contribution in [0.4, 0.5) is 21.5 Å². The zero-order valence-corrected chi connectivity index (χ0v) is 23.9. The molecule has 5 rings (SSSR count). The Bertz CT molecular complexity index is 1350. The number of halogens is 1. The Morgan fingerprint density at radius 2 is 1.61 bits per heavy atom. The molecule has 0 radical (unpaired) electrons. The van der Waals surface area contributed by atoms with E-state index in [1.165, 1.54) is 34.9 Å². The average Bonchev–Trinajstić information content (AvgIpc) is 3.22. The minimum absolute atomic E-state index is 0.0571. The third-order valence-electron chi connectivity index (χ3n) is 7.52. The van der Waals surface area contributed by atoms with E-state index < -0.39 is 11.9 Å². The molecule has 2 aliphatic rings. The smallest absolute Gasteiger partial charge is 0.256 e. The third kappa shape index (κ3) is 6.83. The van der Waals surface area contributed by atoms with Crippen LogP contribution in [0.5, 0.6) is 5.75 Å². The number of hydrogen-bond donors (Lipinski definition) is 1. The Kier molecular flexibility index (Phi) is 9.11. The SMILES string of the molecule is COc1ccc(NC(=O)C[C@H]2C(=O)N(c3ccc(F)cc3)C(=S)N2CCCN2CCN(c3ccccc3)CC2)cc1. The summed E-state index contributed by atoms with van der Waals surface area (Å²) < 4.78 is 18.8. The predicted molar refractivity (Wildman–Crippen MR) is 163 cm³/mol. The van der Waals surface area contributed by atoms with Gasteiger partial charge in [-0.05, 0) is 85.8 Å². The normalized spacial score (nSPS) is 17.7. The molecule has 2 saturated heterocycles. The van der Waals surface area contributed by atoms with Gasteiger partial charge in [0.05, 0.1) is 19.2 Å². The predicted octanol–water partition coefficient (Wildman–Crippen LogP) is 4.38. The summed E-state index contributed by atoms with van der Waals surface area (Å²) in [5.74, 6) is -0.296. The van der Waals surface area contributed by atoms with Crippen LogP contribution in [0, 0.1) is 5.82 Å². The lowest BCUT2D eigenvalue weighted by atomic mass is 10.1. The Morgan fingerprint density at radius 3 is 2.27 bits per heavy atom. The topological polar surface area (TPSA) is 68.4 Å². The first kappa shape index (κ1) is 28.5. The standard InChI is InChI=1S/C31H34FN5O3S/c1-40-27-14-10-24(11-15-27)33-29(38)22-28-30(39)37(26-12-8-23(32)9-13-26)31(41)36(28)17-5-16-34-18-20-35(21-19-34)25-6-3-2-4-7-25/h2-4,6-15,28H,5,16-22H2,1H3,(H,33,38)/t28-/m0/s1. The van der Waals surface area contributed by atoms with Crippen molar-refractivity contribution in [2.75, 3.05) is 61.5 Å². The van der Waals surface area contributed by atoms with Gasteiger partial charge in [-0.1, -0.05) is 18.2 Å². The van der Waals surface area contributed by atoms with Crippen molar-refractivity contribution in [1.29, 1.82) is 0 Å². The van der Waals surface area contributed by atoms with E-state index in [1.807, 2.05) is 11.0 Å². The second-order valence-corrected chi connectivity index (χ2v) is 10.5. The van der Waals surface area contributed by atoms with E-state index in [-0.39, 0.29) is 18.2 Å². The number of carbonyl (C=O) groups is 2. The highest BCUT2D eigenvalue weighted by molar-refractivity contribution is 7.80. The lowest BCUT2D eigenvalue weighted by Gasteiger charge is -2.36. The van der Waals surface area contributed by atoms with E-state index in [4.69, 9.17) is 17.0 Å². The second kappa shape index (κ2) is 13.1. The van der Waals surface area contributed by atoms with Crippen molar-refractivity contribution in [1.82, 2.24) is 9.80 Å².